The average Bonchev–Trinajstić information content (AvgIpc) is 2.83. The van der Waals surface area contributed by atoms with Gasteiger partial charge >= 0.3 is 7.60 Å². The zero-order valence-corrected chi connectivity index (χ0v) is 20.4. The molecule has 188 valence electrons. The summed E-state index contributed by atoms with van der Waals surface area (Å²) in [6.07, 6.45) is 1.57. The van der Waals surface area contributed by atoms with Crippen molar-refractivity contribution in [2.45, 2.75) is 19.8 Å². The molecule has 2 aromatic carbocycles. The lowest BCUT2D eigenvalue weighted by Crippen LogP contribution is -2.16. The molecule has 0 fully saturated rings. The van der Waals surface area contributed by atoms with Gasteiger partial charge in [0.25, 0.3) is 0 Å². The fourth-order valence-electron chi connectivity index (χ4n) is 3.05. The Morgan fingerprint density at radius 2 is 1.26 bits per heavy atom. The maximum Gasteiger partial charge on any atom is 0.358 e. The highest BCUT2D eigenvalue weighted by molar-refractivity contribution is 7.61. The highest BCUT2D eigenvalue weighted by Crippen LogP contribution is 2.43. The van der Waals surface area contributed by atoms with Gasteiger partial charge in [0.15, 0.2) is 23.0 Å². The van der Waals surface area contributed by atoms with Crippen molar-refractivity contribution in [3.63, 3.8) is 0 Å². The fraction of sp³-hybridized carbons (Fsp3) is 0.500. The van der Waals surface area contributed by atoms with Crippen LogP contribution in [0.5, 0.6) is 23.0 Å². The Hall–Kier alpha value is -2.29. The lowest BCUT2D eigenvalue weighted by atomic mass is 10.3. The number of ether oxygens (including phenoxy) is 6. The molecule has 0 saturated heterocycles. The van der Waals surface area contributed by atoms with Crippen LogP contribution in [0, 0.1) is 0 Å². The molecule has 1 aliphatic rings. The molecule has 0 saturated carbocycles. The van der Waals surface area contributed by atoms with E-state index in [4.69, 9.17) is 32.9 Å². The molecular formula is C24H33O9P. The van der Waals surface area contributed by atoms with E-state index in [2.05, 4.69) is 0 Å². The van der Waals surface area contributed by atoms with Crippen LogP contribution in [0.1, 0.15) is 19.8 Å². The summed E-state index contributed by atoms with van der Waals surface area (Å²) in [6, 6.07) is 12.0. The van der Waals surface area contributed by atoms with E-state index < -0.39 is 7.60 Å². The Morgan fingerprint density at radius 3 is 1.79 bits per heavy atom. The van der Waals surface area contributed by atoms with Gasteiger partial charge in [0.2, 0.25) is 0 Å². The molecule has 0 spiro atoms. The third-order valence-electron chi connectivity index (χ3n) is 4.81. The summed E-state index contributed by atoms with van der Waals surface area (Å²) in [5.74, 6) is 2.07. The van der Waals surface area contributed by atoms with Crippen molar-refractivity contribution in [3.8, 4) is 23.0 Å². The molecule has 1 heterocycles. The predicted molar refractivity (Wildman–Crippen MR) is 127 cm³/mol. The van der Waals surface area contributed by atoms with Gasteiger partial charge in [-0.25, -0.2) is 0 Å². The molecule has 3 rings (SSSR count). The summed E-state index contributed by atoms with van der Waals surface area (Å²) in [4.78, 5) is 10.3. The van der Waals surface area contributed by atoms with E-state index in [1.54, 1.807) is 6.07 Å². The van der Waals surface area contributed by atoms with Crippen LogP contribution in [0.4, 0.5) is 0 Å². The second kappa shape index (κ2) is 14.2. The van der Waals surface area contributed by atoms with Gasteiger partial charge in [0.05, 0.1) is 38.3 Å². The minimum absolute atomic E-state index is 0.148. The topological polar surface area (TPSA) is 102 Å². The van der Waals surface area contributed by atoms with Gasteiger partial charge in [-0.15, -0.1) is 0 Å². The summed E-state index contributed by atoms with van der Waals surface area (Å²) in [5.41, 5.74) is 0. The minimum Gasteiger partial charge on any atom is -0.487 e. The normalized spacial score (nSPS) is 17.7. The molecule has 0 amide bonds. The van der Waals surface area contributed by atoms with Gasteiger partial charge in [0.1, 0.15) is 26.4 Å². The second-order valence-electron chi connectivity index (χ2n) is 7.40. The smallest absolute Gasteiger partial charge is 0.358 e. The van der Waals surface area contributed by atoms with Crippen molar-refractivity contribution < 1.29 is 42.4 Å². The number of hydrogen-bond donors (Lipinski definition) is 1. The fourth-order valence-corrected chi connectivity index (χ4v) is 4.12. The largest absolute Gasteiger partial charge is 0.487 e. The van der Waals surface area contributed by atoms with Gasteiger partial charge in [-0.3, -0.25) is 4.57 Å². The van der Waals surface area contributed by atoms with Crippen molar-refractivity contribution in [2.75, 3.05) is 59.5 Å². The van der Waals surface area contributed by atoms with E-state index in [0.29, 0.717) is 69.1 Å². The Kier molecular flexibility index (Phi) is 11.0. The summed E-state index contributed by atoms with van der Waals surface area (Å²) in [6.45, 7) is 4.79. The molecule has 0 aliphatic carbocycles. The van der Waals surface area contributed by atoms with Crippen LogP contribution in [-0.4, -0.2) is 64.4 Å². The van der Waals surface area contributed by atoms with Crippen molar-refractivity contribution in [2.24, 2.45) is 0 Å². The molecule has 1 unspecified atom stereocenters. The third kappa shape index (κ3) is 8.49. The Morgan fingerprint density at radius 1 is 0.765 bits per heavy atom. The first kappa shape index (κ1) is 26.3. The van der Waals surface area contributed by atoms with Crippen LogP contribution >= 0.6 is 7.60 Å². The van der Waals surface area contributed by atoms with Gasteiger partial charge in [-0.2, -0.15) is 0 Å². The average molecular weight is 496 g/mol. The van der Waals surface area contributed by atoms with Crippen molar-refractivity contribution in [1.82, 2.24) is 0 Å². The summed E-state index contributed by atoms with van der Waals surface area (Å²) < 4.78 is 52.1. The first-order chi connectivity index (χ1) is 16.6. The molecule has 2 aromatic rings. The van der Waals surface area contributed by atoms with E-state index >= 15 is 0 Å². The number of unbranched alkanes of at least 4 members (excludes halogenated alkanes) is 1. The molecule has 0 aromatic heterocycles. The molecule has 1 aliphatic heterocycles. The minimum atomic E-state index is -3.96. The molecule has 10 heteroatoms. The van der Waals surface area contributed by atoms with Gasteiger partial charge in [0, 0.05) is 0 Å². The first-order valence-corrected chi connectivity index (χ1v) is 13.1. The lowest BCUT2D eigenvalue weighted by Gasteiger charge is -2.17. The molecule has 0 radical (unpaired) electrons. The number of rotatable bonds is 5. The van der Waals surface area contributed by atoms with E-state index in [0.717, 1.165) is 6.42 Å². The molecule has 9 nitrogen and oxygen atoms in total. The Bertz CT molecular complexity index is 921. The molecule has 1 N–H and O–H groups in total. The summed E-state index contributed by atoms with van der Waals surface area (Å²) in [5, 5.41) is 0.148. The number of fused-ring (bicyclic) bond motifs is 2. The van der Waals surface area contributed by atoms with Gasteiger partial charge in [-0.1, -0.05) is 25.5 Å². The van der Waals surface area contributed by atoms with E-state index in [9.17, 15) is 9.46 Å². The maximum absolute atomic E-state index is 12.6. The van der Waals surface area contributed by atoms with Crippen LogP contribution < -0.4 is 24.3 Å². The van der Waals surface area contributed by atoms with Crippen LogP contribution in [0.15, 0.2) is 42.5 Å². The summed E-state index contributed by atoms with van der Waals surface area (Å²) >= 11 is 0. The number of hydrogen-bond acceptors (Lipinski definition) is 8. The standard InChI is InChI=1S/C24H33O9P/c1-2-3-10-33-34(25,26)20-8-9-23-24(19-20)32-18-14-28-12-16-30-22-7-5-4-6-21(22)29-15-11-27-13-17-31-23/h4-9,19H,2-3,10-18H2,1H3,(H,25,26). The van der Waals surface area contributed by atoms with E-state index in [1.807, 2.05) is 31.2 Å². The van der Waals surface area contributed by atoms with Crippen LogP contribution in [0.2, 0.25) is 0 Å². The molecule has 34 heavy (non-hydrogen) atoms. The van der Waals surface area contributed by atoms with Crippen molar-refractivity contribution in [1.29, 1.82) is 0 Å². The van der Waals surface area contributed by atoms with Gasteiger partial charge < -0.3 is 37.8 Å². The number of para-hydroxylation sites is 2. The van der Waals surface area contributed by atoms with Crippen molar-refractivity contribution >= 4 is 12.9 Å². The highest BCUT2D eigenvalue weighted by Gasteiger charge is 2.24. The zero-order valence-electron chi connectivity index (χ0n) is 19.5. The van der Waals surface area contributed by atoms with E-state index in [1.165, 1.54) is 12.1 Å². The molecule has 0 bridgehead atoms. The Labute approximate surface area is 200 Å². The third-order valence-corrected chi connectivity index (χ3v) is 6.27. The monoisotopic (exact) mass is 496 g/mol. The van der Waals surface area contributed by atoms with E-state index in [-0.39, 0.29) is 25.1 Å². The lowest BCUT2D eigenvalue weighted by molar-refractivity contribution is 0.0640. The zero-order chi connectivity index (χ0) is 24.1. The van der Waals surface area contributed by atoms with Crippen LogP contribution in [0.25, 0.3) is 0 Å². The first-order valence-electron chi connectivity index (χ1n) is 11.5. The second-order valence-corrected chi connectivity index (χ2v) is 9.22. The number of benzene rings is 2. The molecular weight excluding hydrogens is 463 g/mol. The van der Waals surface area contributed by atoms with Crippen molar-refractivity contribution in [3.05, 3.63) is 42.5 Å². The summed E-state index contributed by atoms with van der Waals surface area (Å²) in [7, 11) is -3.96. The highest BCUT2D eigenvalue weighted by atomic mass is 31.2. The van der Waals surface area contributed by atoms with Gasteiger partial charge in [-0.05, 0) is 36.8 Å². The maximum atomic E-state index is 12.6. The quantitative estimate of drug-likeness (QED) is 0.492. The van der Waals surface area contributed by atoms with Crippen LogP contribution in [-0.2, 0) is 18.6 Å². The Balaban J connectivity index is 1.63. The van der Waals surface area contributed by atoms with Crippen LogP contribution in [0.3, 0.4) is 0 Å². The molecule has 1 atom stereocenters. The SMILES string of the molecule is CCCCOP(=O)(O)c1ccc2c(c1)OCCOCCOc1ccccc1OCCOCCO2. The predicted octanol–water partition coefficient (Wildman–Crippen LogP) is 3.58.